The lowest BCUT2D eigenvalue weighted by molar-refractivity contribution is 0.0928. The molecule has 1 aliphatic rings. The van der Waals surface area contributed by atoms with Gasteiger partial charge in [0.2, 0.25) is 5.95 Å². The molecule has 0 atom stereocenters. The molecule has 0 bridgehead atoms. The van der Waals surface area contributed by atoms with Crippen LogP contribution in [0.3, 0.4) is 0 Å². The summed E-state index contributed by atoms with van der Waals surface area (Å²) in [4.78, 5) is 21.5. The average molecular weight is 389 g/mol. The SMILES string of the molecule is COc1ccc(Cl)cc1Nc1nc(C)cc(C(=O)NC2CCCCCC2)n1. The largest absolute Gasteiger partial charge is 0.495 e. The first-order valence-corrected chi connectivity index (χ1v) is 9.70. The fraction of sp³-hybridized carbons (Fsp3) is 0.450. The number of nitrogens with zero attached hydrogens (tertiary/aromatic N) is 2. The Morgan fingerprint density at radius 2 is 1.89 bits per heavy atom. The van der Waals surface area contributed by atoms with E-state index in [1.165, 1.54) is 12.8 Å². The molecule has 1 aromatic heterocycles. The highest BCUT2D eigenvalue weighted by molar-refractivity contribution is 6.31. The molecule has 1 amide bonds. The highest BCUT2D eigenvalue weighted by Gasteiger charge is 2.18. The van der Waals surface area contributed by atoms with Crippen LogP contribution in [0.15, 0.2) is 24.3 Å². The Bertz CT molecular complexity index is 805. The molecule has 3 rings (SSSR count). The third kappa shape index (κ3) is 5.32. The quantitative estimate of drug-likeness (QED) is 0.729. The van der Waals surface area contributed by atoms with E-state index in [1.54, 1.807) is 31.4 Å². The molecule has 0 saturated heterocycles. The van der Waals surface area contributed by atoms with Gasteiger partial charge >= 0.3 is 0 Å². The number of anilines is 2. The first-order valence-electron chi connectivity index (χ1n) is 9.32. The second kappa shape index (κ2) is 9.04. The predicted octanol–water partition coefficient (Wildman–Crippen LogP) is 4.64. The summed E-state index contributed by atoms with van der Waals surface area (Å²) in [5, 5.41) is 6.79. The lowest BCUT2D eigenvalue weighted by atomic mass is 10.1. The summed E-state index contributed by atoms with van der Waals surface area (Å²) < 4.78 is 5.34. The van der Waals surface area contributed by atoms with Crippen LogP contribution in [-0.4, -0.2) is 29.0 Å². The van der Waals surface area contributed by atoms with E-state index in [0.717, 1.165) is 25.7 Å². The summed E-state index contributed by atoms with van der Waals surface area (Å²) in [6.07, 6.45) is 6.87. The summed E-state index contributed by atoms with van der Waals surface area (Å²) in [6.45, 7) is 1.84. The van der Waals surface area contributed by atoms with Crippen molar-refractivity contribution in [2.45, 2.75) is 51.5 Å². The predicted molar refractivity (Wildman–Crippen MR) is 107 cm³/mol. The third-order valence-corrected chi connectivity index (χ3v) is 4.92. The Balaban J connectivity index is 1.77. The van der Waals surface area contributed by atoms with Crippen molar-refractivity contribution in [3.05, 3.63) is 40.7 Å². The summed E-state index contributed by atoms with van der Waals surface area (Å²) in [5.74, 6) is 0.795. The molecule has 1 saturated carbocycles. The van der Waals surface area contributed by atoms with Crippen LogP contribution in [0.4, 0.5) is 11.6 Å². The van der Waals surface area contributed by atoms with Crippen LogP contribution in [0.2, 0.25) is 5.02 Å². The lowest BCUT2D eigenvalue weighted by Crippen LogP contribution is -2.35. The molecule has 1 aliphatic carbocycles. The standard InChI is InChI=1S/C20H25ClN4O2/c1-13-11-17(19(26)23-15-7-5-3-4-6-8-15)25-20(22-13)24-16-12-14(21)9-10-18(16)27-2/h9-12,15H,3-8H2,1-2H3,(H,23,26)(H,22,24,25). The molecule has 144 valence electrons. The second-order valence-electron chi connectivity index (χ2n) is 6.85. The summed E-state index contributed by atoms with van der Waals surface area (Å²) >= 11 is 6.07. The molecule has 2 N–H and O–H groups in total. The maximum atomic E-state index is 12.7. The Hall–Kier alpha value is -2.34. The number of aryl methyl sites for hydroxylation is 1. The summed E-state index contributed by atoms with van der Waals surface area (Å²) in [7, 11) is 1.58. The molecule has 0 unspecified atom stereocenters. The van der Waals surface area contributed by atoms with Crippen molar-refractivity contribution in [2.75, 3.05) is 12.4 Å². The van der Waals surface area contributed by atoms with Gasteiger partial charge in [-0.15, -0.1) is 0 Å². The number of nitrogens with one attached hydrogen (secondary N) is 2. The van der Waals surface area contributed by atoms with Gasteiger partial charge in [0.25, 0.3) is 5.91 Å². The molecule has 1 heterocycles. The van der Waals surface area contributed by atoms with Crippen molar-refractivity contribution in [2.24, 2.45) is 0 Å². The Kier molecular flexibility index (Phi) is 6.50. The zero-order valence-electron chi connectivity index (χ0n) is 15.7. The smallest absolute Gasteiger partial charge is 0.270 e. The number of carbonyl (C=O) groups excluding carboxylic acids is 1. The Morgan fingerprint density at radius 1 is 1.15 bits per heavy atom. The third-order valence-electron chi connectivity index (χ3n) is 4.69. The van der Waals surface area contributed by atoms with E-state index in [2.05, 4.69) is 20.6 Å². The number of rotatable bonds is 5. The van der Waals surface area contributed by atoms with Gasteiger partial charge in [-0.2, -0.15) is 0 Å². The molecule has 0 aliphatic heterocycles. The molecule has 27 heavy (non-hydrogen) atoms. The maximum Gasteiger partial charge on any atom is 0.270 e. The number of methoxy groups -OCH3 is 1. The monoisotopic (exact) mass is 388 g/mol. The van der Waals surface area contributed by atoms with Crippen LogP contribution in [0.25, 0.3) is 0 Å². The van der Waals surface area contributed by atoms with Gasteiger partial charge in [-0.3, -0.25) is 4.79 Å². The Morgan fingerprint density at radius 3 is 2.59 bits per heavy atom. The Labute approximate surface area is 164 Å². The van der Waals surface area contributed by atoms with Crippen molar-refractivity contribution in [1.29, 1.82) is 0 Å². The first kappa shape index (κ1) is 19.4. The van der Waals surface area contributed by atoms with Crippen molar-refractivity contribution >= 4 is 29.1 Å². The normalized spacial score (nSPS) is 15.1. The van der Waals surface area contributed by atoms with Gasteiger partial charge in [-0.05, 0) is 44.0 Å². The molecular weight excluding hydrogens is 364 g/mol. The van der Waals surface area contributed by atoms with E-state index in [4.69, 9.17) is 16.3 Å². The molecule has 0 radical (unpaired) electrons. The second-order valence-corrected chi connectivity index (χ2v) is 7.29. The molecule has 2 aromatic rings. The van der Waals surface area contributed by atoms with E-state index in [1.807, 2.05) is 6.92 Å². The van der Waals surface area contributed by atoms with Gasteiger partial charge in [0.1, 0.15) is 11.4 Å². The van der Waals surface area contributed by atoms with Gasteiger partial charge < -0.3 is 15.4 Å². The first-order chi connectivity index (χ1) is 13.0. The minimum Gasteiger partial charge on any atom is -0.495 e. The number of aromatic nitrogens is 2. The topological polar surface area (TPSA) is 76.1 Å². The number of halogens is 1. The van der Waals surface area contributed by atoms with Gasteiger partial charge in [0, 0.05) is 16.8 Å². The van der Waals surface area contributed by atoms with Gasteiger partial charge in [0.15, 0.2) is 0 Å². The van der Waals surface area contributed by atoms with E-state index in [9.17, 15) is 4.79 Å². The van der Waals surface area contributed by atoms with Crippen LogP contribution in [-0.2, 0) is 0 Å². The molecule has 7 heteroatoms. The molecule has 1 aromatic carbocycles. The number of ether oxygens (including phenoxy) is 1. The zero-order chi connectivity index (χ0) is 19.2. The van der Waals surface area contributed by atoms with Crippen LogP contribution >= 0.6 is 11.6 Å². The average Bonchev–Trinajstić information content (AvgIpc) is 2.90. The van der Waals surface area contributed by atoms with Gasteiger partial charge in [-0.25, -0.2) is 9.97 Å². The van der Waals surface area contributed by atoms with Crippen LogP contribution in [0.5, 0.6) is 5.75 Å². The highest BCUT2D eigenvalue weighted by Crippen LogP contribution is 2.29. The lowest BCUT2D eigenvalue weighted by Gasteiger charge is -2.16. The van der Waals surface area contributed by atoms with Crippen molar-refractivity contribution in [1.82, 2.24) is 15.3 Å². The van der Waals surface area contributed by atoms with Gasteiger partial charge in [0.05, 0.1) is 12.8 Å². The summed E-state index contributed by atoms with van der Waals surface area (Å²) in [5.41, 5.74) is 1.71. The van der Waals surface area contributed by atoms with E-state index in [-0.39, 0.29) is 11.9 Å². The van der Waals surface area contributed by atoms with E-state index in [0.29, 0.717) is 33.8 Å². The zero-order valence-corrected chi connectivity index (χ0v) is 16.5. The highest BCUT2D eigenvalue weighted by atomic mass is 35.5. The number of hydrogen-bond acceptors (Lipinski definition) is 5. The molecular formula is C20H25ClN4O2. The van der Waals surface area contributed by atoms with Crippen LogP contribution in [0.1, 0.15) is 54.7 Å². The number of hydrogen-bond donors (Lipinski definition) is 2. The van der Waals surface area contributed by atoms with Gasteiger partial charge in [-0.1, -0.05) is 37.3 Å². The minimum atomic E-state index is -0.159. The summed E-state index contributed by atoms with van der Waals surface area (Å²) in [6, 6.07) is 7.16. The van der Waals surface area contributed by atoms with E-state index >= 15 is 0 Å². The number of carbonyl (C=O) groups is 1. The maximum absolute atomic E-state index is 12.7. The number of benzene rings is 1. The van der Waals surface area contributed by atoms with Crippen molar-refractivity contribution in [3.8, 4) is 5.75 Å². The van der Waals surface area contributed by atoms with E-state index < -0.39 is 0 Å². The molecule has 1 fully saturated rings. The molecule has 0 spiro atoms. The van der Waals surface area contributed by atoms with Crippen molar-refractivity contribution < 1.29 is 9.53 Å². The van der Waals surface area contributed by atoms with Crippen LogP contribution in [0, 0.1) is 6.92 Å². The fourth-order valence-corrected chi connectivity index (χ4v) is 3.49. The van der Waals surface area contributed by atoms with Crippen molar-refractivity contribution in [3.63, 3.8) is 0 Å². The minimum absolute atomic E-state index is 0.159. The number of amides is 1. The fourth-order valence-electron chi connectivity index (χ4n) is 3.32. The molecule has 6 nitrogen and oxygen atoms in total. The van der Waals surface area contributed by atoms with Crippen LogP contribution < -0.4 is 15.4 Å².